The average molecular weight is 287 g/mol. The molecule has 2 fully saturated rings. The maximum absolute atomic E-state index is 11.9. The van der Waals surface area contributed by atoms with Gasteiger partial charge in [0.2, 0.25) is 0 Å². The van der Waals surface area contributed by atoms with Crippen LogP contribution in [0.2, 0.25) is 0 Å². The van der Waals surface area contributed by atoms with Gasteiger partial charge in [-0.2, -0.15) is 0 Å². The van der Waals surface area contributed by atoms with Gasteiger partial charge < -0.3 is 5.32 Å². The van der Waals surface area contributed by atoms with Gasteiger partial charge in [-0.15, -0.1) is 11.3 Å². The van der Waals surface area contributed by atoms with Crippen molar-refractivity contribution >= 4 is 32.3 Å². The number of sulfone groups is 1. The summed E-state index contributed by atoms with van der Waals surface area (Å²) >= 11 is 1.42. The van der Waals surface area contributed by atoms with Crippen molar-refractivity contribution in [2.45, 2.75) is 25.9 Å². The number of hydrogen-bond acceptors (Lipinski definition) is 5. The summed E-state index contributed by atoms with van der Waals surface area (Å²) in [4.78, 5) is 18.8. The van der Waals surface area contributed by atoms with Gasteiger partial charge in [-0.3, -0.25) is 4.90 Å². The maximum Gasteiger partial charge on any atom is 0.324 e. The van der Waals surface area contributed by atoms with Crippen LogP contribution < -0.4 is 10.2 Å². The Labute approximate surface area is 109 Å². The lowest BCUT2D eigenvalue weighted by Gasteiger charge is -2.17. The SMILES string of the molecule is Cc1nc(N2C(=O)N[C@H]3CS(=O)(=O)C[C@@H]32)sc1C. The van der Waals surface area contributed by atoms with Crippen LogP contribution in [0, 0.1) is 13.8 Å². The maximum atomic E-state index is 11.9. The summed E-state index contributed by atoms with van der Waals surface area (Å²) in [6.45, 7) is 3.82. The number of anilines is 1. The van der Waals surface area contributed by atoms with Gasteiger partial charge in [0.15, 0.2) is 15.0 Å². The monoisotopic (exact) mass is 287 g/mol. The summed E-state index contributed by atoms with van der Waals surface area (Å²) in [6, 6.07) is -0.854. The highest BCUT2D eigenvalue weighted by molar-refractivity contribution is 7.91. The van der Waals surface area contributed by atoms with E-state index in [9.17, 15) is 13.2 Å². The molecule has 0 aromatic carbocycles. The van der Waals surface area contributed by atoms with Crippen molar-refractivity contribution in [3.63, 3.8) is 0 Å². The number of nitrogens with one attached hydrogen (secondary N) is 1. The van der Waals surface area contributed by atoms with Crippen molar-refractivity contribution in [3.05, 3.63) is 10.6 Å². The molecule has 0 spiro atoms. The first-order chi connectivity index (χ1) is 8.37. The van der Waals surface area contributed by atoms with Crippen molar-refractivity contribution in [2.24, 2.45) is 0 Å². The molecule has 8 heteroatoms. The van der Waals surface area contributed by atoms with Crippen molar-refractivity contribution in [1.29, 1.82) is 0 Å². The molecule has 0 saturated carbocycles. The zero-order chi connectivity index (χ0) is 13.1. The number of carbonyl (C=O) groups is 1. The highest BCUT2D eigenvalue weighted by Crippen LogP contribution is 2.33. The van der Waals surface area contributed by atoms with Gasteiger partial charge in [-0.05, 0) is 13.8 Å². The topological polar surface area (TPSA) is 79.4 Å². The second kappa shape index (κ2) is 3.67. The largest absolute Gasteiger partial charge is 0.332 e. The molecule has 2 amide bonds. The predicted octanol–water partition coefficient (Wildman–Crippen LogP) is 0.455. The zero-order valence-electron chi connectivity index (χ0n) is 10.0. The van der Waals surface area contributed by atoms with E-state index in [0.29, 0.717) is 5.13 Å². The minimum absolute atomic E-state index is 0.0219. The third-order valence-corrected chi connectivity index (χ3v) is 6.19. The smallest absolute Gasteiger partial charge is 0.324 e. The molecule has 1 N–H and O–H groups in total. The summed E-state index contributed by atoms with van der Waals surface area (Å²) < 4.78 is 23.2. The van der Waals surface area contributed by atoms with E-state index in [2.05, 4.69) is 10.3 Å². The number of aromatic nitrogens is 1. The van der Waals surface area contributed by atoms with Gasteiger partial charge in [0, 0.05) is 4.88 Å². The first-order valence-electron chi connectivity index (χ1n) is 5.61. The molecular formula is C10H13N3O3S2. The highest BCUT2D eigenvalue weighted by atomic mass is 32.2. The molecule has 6 nitrogen and oxygen atoms in total. The number of fused-ring (bicyclic) bond motifs is 1. The molecule has 0 radical (unpaired) electrons. The van der Waals surface area contributed by atoms with Crippen LogP contribution in [-0.2, 0) is 9.84 Å². The quantitative estimate of drug-likeness (QED) is 0.761. The number of carbonyl (C=O) groups excluding carboxylic acids is 1. The highest BCUT2D eigenvalue weighted by Gasteiger charge is 2.50. The molecule has 2 aliphatic rings. The van der Waals surface area contributed by atoms with E-state index in [1.54, 1.807) is 0 Å². The van der Waals surface area contributed by atoms with Crippen molar-refractivity contribution in [3.8, 4) is 0 Å². The molecule has 2 aliphatic heterocycles. The number of urea groups is 1. The minimum atomic E-state index is -3.05. The van der Waals surface area contributed by atoms with Crippen LogP contribution in [0.25, 0.3) is 0 Å². The van der Waals surface area contributed by atoms with Crippen molar-refractivity contribution < 1.29 is 13.2 Å². The molecular weight excluding hydrogens is 274 g/mol. The summed E-state index contributed by atoms with van der Waals surface area (Å²) in [5, 5.41) is 3.31. The molecule has 3 rings (SSSR count). The van der Waals surface area contributed by atoms with E-state index < -0.39 is 9.84 Å². The Morgan fingerprint density at radius 2 is 2.11 bits per heavy atom. The Hall–Kier alpha value is -1.15. The third-order valence-electron chi connectivity index (χ3n) is 3.41. The first-order valence-corrected chi connectivity index (χ1v) is 8.25. The van der Waals surface area contributed by atoms with Gasteiger partial charge in [0.25, 0.3) is 0 Å². The molecule has 0 aliphatic carbocycles. The van der Waals surface area contributed by atoms with E-state index in [4.69, 9.17) is 0 Å². The van der Waals surface area contributed by atoms with Crippen LogP contribution in [0.4, 0.5) is 9.93 Å². The van der Waals surface area contributed by atoms with E-state index in [-0.39, 0.29) is 29.6 Å². The van der Waals surface area contributed by atoms with E-state index >= 15 is 0 Å². The average Bonchev–Trinajstić information content (AvgIpc) is 2.77. The number of hydrogen-bond donors (Lipinski definition) is 1. The fourth-order valence-corrected chi connectivity index (χ4v) is 5.24. The van der Waals surface area contributed by atoms with Crippen LogP contribution in [0.3, 0.4) is 0 Å². The van der Waals surface area contributed by atoms with Crippen LogP contribution >= 0.6 is 11.3 Å². The number of nitrogens with zero attached hydrogens (tertiary/aromatic N) is 2. The van der Waals surface area contributed by atoms with Crippen LogP contribution in [0.5, 0.6) is 0 Å². The van der Waals surface area contributed by atoms with Gasteiger partial charge in [0.05, 0.1) is 29.3 Å². The van der Waals surface area contributed by atoms with Gasteiger partial charge >= 0.3 is 6.03 Å². The second-order valence-corrected chi connectivity index (χ2v) is 8.04. The molecule has 1 aromatic rings. The summed E-state index contributed by atoms with van der Waals surface area (Å²) in [5.74, 6) is 0.0529. The molecule has 3 heterocycles. The number of thiazole rings is 1. The van der Waals surface area contributed by atoms with Gasteiger partial charge in [-0.25, -0.2) is 18.2 Å². The summed E-state index contributed by atoms with van der Waals surface area (Å²) in [7, 11) is -3.05. The number of aryl methyl sites for hydroxylation is 2. The van der Waals surface area contributed by atoms with Crippen LogP contribution in [0.1, 0.15) is 10.6 Å². The van der Waals surface area contributed by atoms with E-state index in [0.717, 1.165) is 10.6 Å². The minimum Gasteiger partial charge on any atom is -0.332 e. The molecule has 0 bridgehead atoms. The fraction of sp³-hybridized carbons (Fsp3) is 0.600. The molecule has 1 aromatic heterocycles. The third kappa shape index (κ3) is 1.71. The lowest BCUT2D eigenvalue weighted by Crippen LogP contribution is -2.36. The van der Waals surface area contributed by atoms with Gasteiger partial charge in [0.1, 0.15) is 0 Å². The van der Waals surface area contributed by atoms with Crippen molar-refractivity contribution in [1.82, 2.24) is 10.3 Å². The standard InChI is InChI=1S/C10H13N3O3S2/c1-5-6(2)17-10(11-5)13-8-4-18(15,16)3-7(8)12-9(13)14/h7-8H,3-4H2,1-2H3,(H,12,14)/t7-,8-/m0/s1. The molecule has 0 unspecified atom stereocenters. The molecule has 2 saturated heterocycles. The summed E-state index contributed by atoms with van der Waals surface area (Å²) in [5.41, 5.74) is 0.882. The van der Waals surface area contributed by atoms with Gasteiger partial charge in [-0.1, -0.05) is 0 Å². The molecule has 18 heavy (non-hydrogen) atoms. The fourth-order valence-electron chi connectivity index (χ4n) is 2.39. The summed E-state index contributed by atoms with van der Waals surface area (Å²) in [6.07, 6.45) is 0. The molecule has 98 valence electrons. The Bertz CT molecular complexity index is 603. The van der Waals surface area contributed by atoms with E-state index in [1.807, 2.05) is 13.8 Å². The Morgan fingerprint density at radius 3 is 2.72 bits per heavy atom. The van der Waals surface area contributed by atoms with Crippen LogP contribution in [0.15, 0.2) is 0 Å². The Morgan fingerprint density at radius 1 is 1.39 bits per heavy atom. The normalized spacial score (nSPS) is 29.4. The first kappa shape index (κ1) is 11.9. The Balaban J connectivity index is 1.99. The van der Waals surface area contributed by atoms with Crippen molar-refractivity contribution in [2.75, 3.05) is 16.4 Å². The zero-order valence-corrected chi connectivity index (χ0v) is 11.6. The second-order valence-electron chi connectivity index (χ2n) is 4.71. The lowest BCUT2D eigenvalue weighted by molar-refractivity contribution is 0.251. The number of rotatable bonds is 1. The molecule has 2 atom stereocenters. The predicted molar refractivity (Wildman–Crippen MR) is 68.8 cm³/mol. The van der Waals surface area contributed by atoms with Crippen LogP contribution in [-0.4, -0.2) is 43.0 Å². The Kier molecular flexibility index (Phi) is 2.43. The van der Waals surface area contributed by atoms with E-state index in [1.165, 1.54) is 16.2 Å². The lowest BCUT2D eigenvalue weighted by atomic mass is 10.2. The number of amides is 2.